The van der Waals surface area contributed by atoms with Crippen LogP contribution in [-0.4, -0.2) is 33.9 Å². The van der Waals surface area contributed by atoms with Crippen LogP contribution in [0.15, 0.2) is 23.4 Å². The van der Waals surface area contributed by atoms with Crippen molar-refractivity contribution in [1.82, 2.24) is 33.9 Å². The average Bonchev–Trinajstić information content (AvgIpc) is 3.44. The number of aromatic nitrogens is 7. The van der Waals surface area contributed by atoms with Crippen LogP contribution < -0.4 is 5.56 Å². The highest BCUT2D eigenvalue weighted by atomic mass is 16.1. The normalized spacial score (nSPS) is 12.1. The summed E-state index contributed by atoms with van der Waals surface area (Å²) in [6, 6.07) is 0. The van der Waals surface area contributed by atoms with E-state index in [2.05, 4.69) is 42.6 Å². The van der Waals surface area contributed by atoms with Gasteiger partial charge in [0.05, 0.1) is 11.9 Å². The highest BCUT2D eigenvalue weighted by molar-refractivity contribution is 5.77. The van der Waals surface area contributed by atoms with Gasteiger partial charge in [-0.25, -0.2) is 15.0 Å². The van der Waals surface area contributed by atoms with Gasteiger partial charge in [-0.1, -0.05) is 34.6 Å². The lowest BCUT2D eigenvalue weighted by atomic mass is 10.0. The fraction of sp³-hybridized carbons (Fsp3) is 0.522. The number of nitrogens with zero attached hydrogens (tertiary/aromatic N) is 6. The lowest BCUT2D eigenvalue weighted by Gasteiger charge is -2.16. The first kappa shape index (κ1) is 21.2. The summed E-state index contributed by atoms with van der Waals surface area (Å²) in [6.45, 7) is 10.7. The smallest absolute Gasteiger partial charge is 0.274 e. The molecule has 0 bridgehead atoms. The summed E-state index contributed by atoms with van der Waals surface area (Å²) in [7, 11) is 0. The molecule has 31 heavy (non-hydrogen) atoms. The molecule has 4 rings (SSSR count). The van der Waals surface area contributed by atoms with Crippen LogP contribution in [0, 0.1) is 0 Å². The molecule has 0 unspecified atom stereocenters. The number of hydrogen-bond acceptors (Lipinski definition) is 5. The Balaban J connectivity index is 2.06. The average molecular weight is 422 g/mol. The van der Waals surface area contributed by atoms with E-state index < -0.39 is 0 Å². The maximum absolute atomic E-state index is 12.8. The molecular formula is C23H31N7O. The Morgan fingerprint density at radius 2 is 1.61 bits per heavy atom. The van der Waals surface area contributed by atoms with Gasteiger partial charge in [-0.3, -0.25) is 13.8 Å². The second-order valence-electron chi connectivity index (χ2n) is 8.00. The third-order valence-electron chi connectivity index (χ3n) is 6.35. The molecule has 4 aromatic rings. The van der Waals surface area contributed by atoms with Crippen LogP contribution in [0.5, 0.6) is 0 Å². The molecule has 1 N–H and O–H groups in total. The van der Waals surface area contributed by atoms with E-state index in [-0.39, 0.29) is 11.5 Å². The Hall–Kier alpha value is -3.03. The lowest BCUT2D eigenvalue weighted by Crippen LogP contribution is -2.17. The molecule has 0 aliphatic heterocycles. The van der Waals surface area contributed by atoms with Gasteiger partial charge in [0.15, 0.2) is 5.65 Å². The molecule has 0 aliphatic rings. The first-order valence-corrected chi connectivity index (χ1v) is 11.4. The fourth-order valence-electron chi connectivity index (χ4n) is 4.44. The predicted octanol–water partition coefficient (Wildman–Crippen LogP) is 4.52. The van der Waals surface area contributed by atoms with Crippen molar-refractivity contribution in [3.8, 4) is 5.95 Å². The molecule has 0 saturated heterocycles. The second kappa shape index (κ2) is 8.61. The molecule has 0 saturated carbocycles. The monoisotopic (exact) mass is 421 g/mol. The topological polar surface area (TPSA) is 93.8 Å². The first-order chi connectivity index (χ1) is 15.1. The van der Waals surface area contributed by atoms with Crippen LogP contribution in [-0.2, 0) is 6.42 Å². The summed E-state index contributed by atoms with van der Waals surface area (Å²) >= 11 is 0. The van der Waals surface area contributed by atoms with Crippen LogP contribution >= 0.6 is 0 Å². The van der Waals surface area contributed by atoms with E-state index in [1.807, 2.05) is 28.3 Å². The number of fused-ring (bicyclic) bond motifs is 3. The van der Waals surface area contributed by atoms with E-state index in [0.717, 1.165) is 43.0 Å². The maximum atomic E-state index is 12.8. The minimum atomic E-state index is -0.163. The summed E-state index contributed by atoms with van der Waals surface area (Å²) in [5.41, 5.74) is 2.54. The van der Waals surface area contributed by atoms with Gasteiger partial charge >= 0.3 is 0 Å². The van der Waals surface area contributed by atoms with Crippen LogP contribution in [0.2, 0.25) is 0 Å². The van der Waals surface area contributed by atoms with Gasteiger partial charge in [0.25, 0.3) is 5.56 Å². The summed E-state index contributed by atoms with van der Waals surface area (Å²) < 4.78 is 3.92. The van der Waals surface area contributed by atoms with E-state index in [1.165, 1.54) is 0 Å². The number of rotatable bonds is 8. The van der Waals surface area contributed by atoms with Crippen molar-refractivity contribution in [2.24, 2.45) is 0 Å². The third kappa shape index (κ3) is 3.43. The Kier molecular flexibility index (Phi) is 5.89. The summed E-state index contributed by atoms with van der Waals surface area (Å²) in [6.07, 6.45) is 9.96. The molecule has 0 fully saturated rings. The van der Waals surface area contributed by atoms with E-state index >= 15 is 0 Å². The van der Waals surface area contributed by atoms with Crippen molar-refractivity contribution < 1.29 is 0 Å². The van der Waals surface area contributed by atoms with Crippen LogP contribution in [0.25, 0.3) is 22.6 Å². The SMILES string of the molecule is CCc1nc(-n2ccnc2C(CC)CC)nc2c1[nH]c(=O)c1cnc(C(CC)CC)n12. The number of aromatic amines is 1. The molecule has 4 heterocycles. The van der Waals surface area contributed by atoms with Gasteiger partial charge in [-0.2, -0.15) is 4.98 Å². The van der Waals surface area contributed by atoms with Crippen molar-refractivity contribution in [2.75, 3.05) is 0 Å². The number of H-pyrrole nitrogens is 1. The van der Waals surface area contributed by atoms with E-state index in [1.54, 1.807) is 6.20 Å². The number of nitrogens with one attached hydrogen (secondary N) is 1. The molecule has 0 radical (unpaired) electrons. The summed E-state index contributed by atoms with van der Waals surface area (Å²) in [4.78, 5) is 34.9. The van der Waals surface area contributed by atoms with E-state index in [0.29, 0.717) is 35.0 Å². The zero-order chi connectivity index (χ0) is 22.1. The molecule has 0 aromatic carbocycles. The first-order valence-electron chi connectivity index (χ1n) is 11.4. The van der Waals surface area contributed by atoms with Gasteiger partial charge in [-0.15, -0.1) is 0 Å². The Bertz CT molecular complexity index is 1260. The Morgan fingerprint density at radius 3 is 2.26 bits per heavy atom. The van der Waals surface area contributed by atoms with E-state index in [9.17, 15) is 4.79 Å². The Labute approximate surface area is 181 Å². The van der Waals surface area contributed by atoms with Gasteiger partial charge in [0.2, 0.25) is 5.95 Å². The summed E-state index contributed by atoms with van der Waals surface area (Å²) in [5.74, 6) is 3.03. The molecule has 0 spiro atoms. The number of imidazole rings is 2. The molecule has 4 aromatic heterocycles. The van der Waals surface area contributed by atoms with Crippen molar-refractivity contribution in [3.63, 3.8) is 0 Å². The highest BCUT2D eigenvalue weighted by Crippen LogP contribution is 2.27. The van der Waals surface area contributed by atoms with Crippen LogP contribution in [0.1, 0.15) is 89.5 Å². The van der Waals surface area contributed by atoms with Crippen molar-refractivity contribution >= 4 is 16.7 Å². The van der Waals surface area contributed by atoms with Gasteiger partial charge in [0.1, 0.15) is 22.7 Å². The standard InChI is InChI=1S/C23H31N7O/c1-6-14(7-2)19-24-11-12-29(19)23-26-16(10-5)18-21(28-23)30-17(22(31)27-18)13-25-20(30)15(8-3)9-4/h11-15H,6-10H2,1-5H3,(H,27,31). The van der Waals surface area contributed by atoms with Gasteiger partial charge in [-0.05, 0) is 32.1 Å². The van der Waals surface area contributed by atoms with Crippen LogP contribution in [0.3, 0.4) is 0 Å². The van der Waals surface area contributed by atoms with E-state index in [4.69, 9.17) is 9.97 Å². The molecule has 0 atom stereocenters. The van der Waals surface area contributed by atoms with Crippen molar-refractivity contribution in [1.29, 1.82) is 0 Å². The molecule has 0 aliphatic carbocycles. The van der Waals surface area contributed by atoms with Crippen LogP contribution in [0.4, 0.5) is 0 Å². The molecule has 8 heteroatoms. The molecule has 8 nitrogen and oxygen atoms in total. The minimum Gasteiger partial charge on any atom is -0.316 e. The predicted molar refractivity (Wildman–Crippen MR) is 122 cm³/mol. The maximum Gasteiger partial charge on any atom is 0.274 e. The molecule has 164 valence electrons. The quantitative estimate of drug-likeness (QED) is 0.451. The van der Waals surface area contributed by atoms with Gasteiger partial charge < -0.3 is 4.98 Å². The number of aryl methyl sites for hydroxylation is 1. The second-order valence-corrected chi connectivity index (χ2v) is 8.00. The Morgan fingerprint density at radius 1 is 0.935 bits per heavy atom. The lowest BCUT2D eigenvalue weighted by molar-refractivity contribution is 0.587. The van der Waals surface area contributed by atoms with Gasteiger partial charge in [0, 0.05) is 24.2 Å². The zero-order valence-electron chi connectivity index (χ0n) is 19.0. The van der Waals surface area contributed by atoms with Crippen molar-refractivity contribution in [2.45, 2.75) is 78.6 Å². The zero-order valence-corrected chi connectivity index (χ0v) is 19.0. The van der Waals surface area contributed by atoms with Crippen molar-refractivity contribution in [3.05, 3.63) is 46.3 Å². The molecular weight excluding hydrogens is 390 g/mol. The molecule has 0 amide bonds. The number of hydrogen-bond donors (Lipinski definition) is 1. The minimum absolute atomic E-state index is 0.163. The summed E-state index contributed by atoms with van der Waals surface area (Å²) in [5, 5.41) is 0. The largest absolute Gasteiger partial charge is 0.316 e. The third-order valence-corrected chi connectivity index (χ3v) is 6.35. The fourth-order valence-corrected chi connectivity index (χ4v) is 4.44. The highest BCUT2D eigenvalue weighted by Gasteiger charge is 2.22.